The highest BCUT2D eigenvalue weighted by Crippen LogP contribution is 2.37. The van der Waals surface area contributed by atoms with Crippen molar-refractivity contribution in [2.24, 2.45) is 0 Å². The molecule has 0 spiro atoms. The maximum absolute atomic E-state index is 14.2. The molecule has 4 aromatic rings. The summed E-state index contributed by atoms with van der Waals surface area (Å²) >= 11 is 0. The van der Waals surface area contributed by atoms with Crippen molar-refractivity contribution in [2.75, 3.05) is 29.9 Å². The first kappa shape index (κ1) is 30.9. The van der Waals surface area contributed by atoms with Gasteiger partial charge in [-0.3, -0.25) is 4.79 Å². The van der Waals surface area contributed by atoms with Crippen molar-refractivity contribution in [1.29, 1.82) is 0 Å². The standard InChI is InChI=1S/C30H34F3N9O2/c1-17-14-34-10-11-42(17)20-7-9-24(35-15-20)39-25-13-23(36-16-37-25)19-6-8-21(22(12-19)30(31,32)33)18(2)38-26(43)27-40-28(41-44-27)29(3,4)5/h6-9,12-13,15-18,34H,10-11,14H2,1-5H3,(H,38,43)(H,35,36,37,39)/t17-,18+/m0/s1. The molecular weight excluding hydrogens is 575 g/mol. The van der Waals surface area contributed by atoms with Crippen molar-refractivity contribution in [1.82, 2.24) is 35.7 Å². The predicted molar refractivity (Wildman–Crippen MR) is 159 cm³/mol. The molecule has 0 unspecified atom stereocenters. The van der Waals surface area contributed by atoms with Gasteiger partial charge in [0.05, 0.1) is 29.2 Å². The zero-order valence-electron chi connectivity index (χ0n) is 25.0. The number of halogens is 3. The van der Waals surface area contributed by atoms with Gasteiger partial charge >= 0.3 is 18.0 Å². The van der Waals surface area contributed by atoms with Crippen molar-refractivity contribution in [3.05, 3.63) is 71.8 Å². The zero-order valence-corrected chi connectivity index (χ0v) is 25.0. The maximum atomic E-state index is 14.2. The summed E-state index contributed by atoms with van der Waals surface area (Å²) in [6.45, 7) is 11.8. The number of rotatable bonds is 7. The number of aromatic nitrogens is 5. The summed E-state index contributed by atoms with van der Waals surface area (Å²) in [7, 11) is 0. The van der Waals surface area contributed by atoms with Gasteiger partial charge in [-0.25, -0.2) is 15.0 Å². The monoisotopic (exact) mass is 609 g/mol. The van der Waals surface area contributed by atoms with Crippen molar-refractivity contribution in [3.8, 4) is 11.3 Å². The van der Waals surface area contributed by atoms with E-state index in [-0.39, 0.29) is 22.7 Å². The molecule has 4 heterocycles. The third kappa shape index (κ3) is 6.96. The second-order valence-electron chi connectivity index (χ2n) is 11.7. The Bertz CT molecular complexity index is 1620. The highest BCUT2D eigenvalue weighted by atomic mass is 19.4. The summed E-state index contributed by atoms with van der Waals surface area (Å²) in [5.41, 5.74) is 0.0198. The normalized spacial score (nSPS) is 16.5. The van der Waals surface area contributed by atoms with Crippen LogP contribution in [-0.4, -0.2) is 56.7 Å². The Morgan fingerprint density at radius 3 is 2.55 bits per heavy atom. The smallest absolute Gasteiger partial charge is 0.365 e. The third-order valence-corrected chi connectivity index (χ3v) is 7.26. The Labute approximate surface area is 252 Å². The molecular formula is C30H34F3N9O2. The molecule has 14 heteroatoms. The molecule has 0 aliphatic carbocycles. The number of anilines is 3. The third-order valence-electron chi connectivity index (χ3n) is 7.26. The van der Waals surface area contributed by atoms with Gasteiger partial charge in [0.1, 0.15) is 18.0 Å². The first-order valence-corrected chi connectivity index (χ1v) is 14.2. The second-order valence-corrected chi connectivity index (χ2v) is 11.7. The molecule has 2 atom stereocenters. The molecule has 232 valence electrons. The molecule has 1 fully saturated rings. The van der Waals surface area contributed by atoms with Crippen molar-refractivity contribution >= 4 is 23.2 Å². The van der Waals surface area contributed by atoms with Gasteiger partial charge in [-0.15, -0.1) is 0 Å². The maximum Gasteiger partial charge on any atom is 0.416 e. The Balaban J connectivity index is 1.33. The number of nitrogens with zero attached hydrogens (tertiary/aromatic N) is 6. The summed E-state index contributed by atoms with van der Waals surface area (Å²) in [5, 5.41) is 12.8. The number of pyridine rings is 1. The number of amides is 1. The van der Waals surface area contributed by atoms with Gasteiger partial charge in [0.15, 0.2) is 5.82 Å². The number of carbonyl (C=O) groups excluding carboxylic acids is 1. The lowest BCUT2D eigenvalue weighted by Gasteiger charge is -2.35. The first-order valence-electron chi connectivity index (χ1n) is 14.2. The van der Waals surface area contributed by atoms with E-state index in [1.807, 2.05) is 32.9 Å². The van der Waals surface area contributed by atoms with Crippen LogP contribution in [0, 0.1) is 0 Å². The van der Waals surface area contributed by atoms with E-state index >= 15 is 0 Å². The van der Waals surface area contributed by atoms with E-state index in [1.54, 1.807) is 12.3 Å². The van der Waals surface area contributed by atoms with Crippen LogP contribution in [-0.2, 0) is 11.6 Å². The van der Waals surface area contributed by atoms with Crippen LogP contribution in [0.4, 0.5) is 30.5 Å². The van der Waals surface area contributed by atoms with Crippen LogP contribution < -0.4 is 20.9 Å². The van der Waals surface area contributed by atoms with Crippen molar-refractivity contribution in [2.45, 2.75) is 58.3 Å². The summed E-state index contributed by atoms with van der Waals surface area (Å²) < 4.78 is 47.8. The summed E-state index contributed by atoms with van der Waals surface area (Å²) in [6, 6.07) is 8.53. The summed E-state index contributed by atoms with van der Waals surface area (Å²) in [5.74, 6) is 0.127. The van der Waals surface area contributed by atoms with E-state index < -0.39 is 29.1 Å². The lowest BCUT2D eigenvalue weighted by Crippen LogP contribution is -2.49. The topological polar surface area (TPSA) is 134 Å². The van der Waals surface area contributed by atoms with E-state index in [0.29, 0.717) is 23.5 Å². The van der Waals surface area contributed by atoms with E-state index in [9.17, 15) is 18.0 Å². The minimum absolute atomic E-state index is 0.124. The highest BCUT2D eigenvalue weighted by molar-refractivity contribution is 5.89. The molecule has 1 saturated heterocycles. The molecule has 11 nitrogen and oxygen atoms in total. The second kappa shape index (κ2) is 12.2. The average Bonchev–Trinajstić information content (AvgIpc) is 3.49. The Hall–Kier alpha value is -4.59. The van der Waals surface area contributed by atoms with Crippen LogP contribution in [0.5, 0.6) is 0 Å². The molecule has 3 N–H and O–H groups in total. The van der Waals surface area contributed by atoms with Gasteiger partial charge < -0.3 is 25.4 Å². The van der Waals surface area contributed by atoms with Crippen LogP contribution >= 0.6 is 0 Å². The van der Waals surface area contributed by atoms with Crippen molar-refractivity contribution in [3.63, 3.8) is 0 Å². The van der Waals surface area contributed by atoms with Crippen molar-refractivity contribution < 1.29 is 22.5 Å². The number of benzene rings is 1. The quantitative estimate of drug-likeness (QED) is 0.254. The van der Waals surface area contributed by atoms with E-state index in [0.717, 1.165) is 31.4 Å². The number of alkyl halides is 3. The fraction of sp³-hybridized carbons (Fsp3) is 0.400. The summed E-state index contributed by atoms with van der Waals surface area (Å²) in [6.07, 6.45) is -1.65. The van der Waals surface area contributed by atoms with Crippen LogP contribution in [0.1, 0.15) is 68.3 Å². The highest BCUT2D eigenvalue weighted by Gasteiger charge is 2.36. The Kier molecular flexibility index (Phi) is 8.55. The molecule has 0 bridgehead atoms. The van der Waals surface area contributed by atoms with E-state index in [1.165, 1.54) is 25.4 Å². The molecule has 0 saturated carbocycles. The van der Waals surface area contributed by atoms with E-state index in [2.05, 4.69) is 52.9 Å². The number of nitrogens with one attached hydrogen (secondary N) is 3. The number of hydrogen-bond donors (Lipinski definition) is 3. The molecule has 0 radical (unpaired) electrons. The van der Waals surface area contributed by atoms with Crippen LogP contribution in [0.2, 0.25) is 0 Å². The lowest BCUT2D eigenvalue weighted by atomic mass is 9.96. The minimum atomic E-state index is -4.70. The first-order chi connectivity index (χ1) is 20.8. The molecule has 1 amide bonds. The molecule has 5 rings (SSSR count). The van der Waals surface area contributed by atoms with Gasteiger partial charge in [-0.2, -0.15) is 18.2 Å². The number of piperazine rings is 1. The fourth-order valence-electron chi connectivity index (χ4n) is 4.86. The Morgan fingerprint density at radius 1 is 1.09 bits per heavy atom. The molecule has 1 aliphatic heterocycles. The van der Waals surface area contributed by atoms with E-state index in [4.69, 9.17) is 4.52 Å². The Morgan fingerprint density at radius 2 is 1.89 bits per heavy atom. The van der Waals surface area contributed by atoms with Gasteiger partial charge in [-0.1, -0.05) is 38.1 Å². The average molecular weight is 610 g/mol. The summed E-state index contributed by atoms with van der Waals surface area (Å²) in [4.78, 5) is 31.9. The molecule has 44 heavy (non-hydrogen) atoms. The van der Waals surface area contributed by atoms with Crippen LogP contribution in [0.15, 0.2) is 53.4 Å². The van der Waals surface area contributed by atoms with Gasteiger partial charge in [0.25, 0.3) is 0 Å². The van der Waals surface area contributed by atoms with Gasteiger partial charge in [0.2, 0.25) is 0 Å². The number of hydrogen-bond acceptors (Lipinski definition) is 10. The molecule has 1 aliphatic rings. The lowest BCUT2D eigenvalue weighted by molar-refractivity contribution is -0.138. The number of carbonyl (C=O) groups is 1. The molecule has 1 aromatic carbocycles. The van der Waals surface area contributed by atoms with Gasteiger partial charge in [0, 0.05) is 42.7 Å². The fourth-order valence-corrected chi connectivity index (χ4v) is 4.86. The van der Waals surface area contributed by atoms with Crippen LogP contribution in [0.3, 0.4) is 0 Å². The molecule has 3 aromatic heterocycles. The zero-order chi connectivity index (χ0) is 31.6. The van der Waals surface area contributed by atoms with Gasteiger partial charge in [-0.05, 0) is 37.6 Å². The minimum Gasteiger partial charge on any atom is -0.365 e. The SMILES string of the molecule is C[C@@H](NC(=O)c1nc(C(C)(C)C)no1)c1ccc(-c2cc(Nc3ccc(N4CCNC[C@@H]4C)cn3)ncn2)cc1C(F)(F)F. The largest absolute Gasteiger partial charge is 0.416 e. The predicted octanol–water partition coefficient (Wildman–Crippen LogP) is 5.27. The van der Waals surface area contributed by atoms with Crippen LogP contribution in [0.25, 0.3) is 11.3 Å².